The molecule has 2 N–H and O–H groups in total. The van der Waals surface area contributed by atoms with Crippen LogP contribution in [0.2, 0.25) is 0 Å². The van der Waals surface area contributed by atoms with Crippen LogP contribution in [0, 0.1) is 12.8 Å². The second-order valence-electron chi connectivity index (χ2n) is 5.87. The van der Waals surface area contributed by atoms with Crippen LogP contribution in [0.3, 0.4) is 0 Å². The number of aromatic nitrogens is 1. The molecule has 2 atom stereocenters. The van der Waals surface area contributed by atoms with Crippen molar-refractivity contribution in [3.05, 3.63) is 28.3 Å². The van der Waals surface area contributed by atoms with Gasteiger partial charge >= 0.3 is 0 Å². The van der Waals surface area contributed by atoms with E-state index in [2.05, 4.69) is 11.9 Å². The molecule has 0 bridgehead atoms. The van der Waals surface area contributed by atoms with Gasteiger partial charge in [-0.1, -0.05) is 6.92 Å². The Kier molecular flexibility index (Phi) is 4.31. The lowest BCUT2D eigenvalue weighted by atomic mass is 9.90. The largest absolute Gasteiger partial charge is 0.462 e. The fourth-order valence-electron chi connectivity index (χ4n) is 3.09. The lowest BCUT2D eigenvalue weighted by Crippen LogP contribution is -2.51. The van der Waals surface area contributed by atoms with E-state index in [1.165, 1.54) is 6.26 Å². The normalized spacial score (nSPS) is 22.0. The second-order valence-corrected chi connectivity index (χ2v) is 6.93. The van der Waals surface area contributed by atoms with Crippen molar-refractivity contribution in [3.63, 3.8) is 0 Å². The molecule has 1 aliphatic heterocycles. The number of hydrogen-bond donors (Lipinski definition) is 1. The molecule has 0 aliphatic carbocycles. The fourth-order valence-corrected chi connectivity index (χ4v) is 3.69. The summed E-state index contributed by atoms with van der Waals surface area (Å²) < 4.78 is 5.54. The molecule has 1 fully saturated rings. The highest BCUT2D eigenvalue weighted by atomic mass is 32.1. The third kappa shape index (κ3) is 2.80. The Bertz CT molecular complexity index is 664. The standard InChI is InChI=1S/C16H21N3O2S/c1-10-4-3-5-19(14(10)7-17)16(20)12-6-15(21-8-12)13-9-22-11(2)18-13/h6,8-10,14H,3-5,7,17H2,1-2H3/t10-,14-/m0/s1. The van der Waals surface area contributed by atoms with Gasteiger partial charge in [-0.25, -0.2) is 4.98 Å². The summed E-state index contributed by atoms with van der Waals surface area (Å²) in [6.07, 6.45) is 3.68. The minimum absolute atomic E-state index is 0.00366. The number of thiazole rings is 1. The number of nitrogens with two attached hydrogens (primary N) is 1. The van der Waals surface area contributed by atoms with E-state index in [9.17, 15) is 4.79 Å². The third-order valence-corrected chi connectivity index (χ3v) is 5.11. The van der Waals surface area contributed by atoms with Crippen molar-refractivity contribution in [2.45, 2.75) is 32.7 Å². The van der Waals surface area contributed by atoms with E-state index in [4.69, 9.17) is 10.2 Å². The van der Waals surface area contributed by atoms with Crippen LogP contribution in [0.5, 0.6) is 0 Å². The summed E-state index contributed by atoms with van der Waals surface area (Å²) in [5.74, 6) is 1.08. The Labute approximate surface area is 134 Å². The minimum atomic E-state index is 0.00366. The van der Waals surface area contributed by atoms with Gasteiger partial charge in [0.1, 0.15) is 12.0 Å². The SMILES string of the molecule is Cc1nc(-c2cc(C(=O)N3CCC[C@H](C)[C@@H]3CN)co2)cs1. The summed E-state index contributed by atoms with van der Waals surface area (Å²) in [6, 6.07) is 1.89. The van der Waals surface area contributed by atoms with Crippen molar-refractivity contribution in [1.82, 2.24) is 9.88 Å². The monoisotopic (exact) mass is 319 g/mol. The van der Waals surface area contributed by atoms with Gasteiger partial charge in [0.15, 0.2) is 5.76 Å². The quantitative estimate of drug-likeness (QED) is 0.944. The molecule has 2 aromatic heterocycles. The molecule has 3 heterocycles. The summed E-state index contributed by atoms with van der Waals surface area (Å²) in [4.78, 5) is 19.0. The van der Waals surface area contributed by atoms with Crippen LogP contribution in [-0.2, 0) is 0 Å². The van der Waals surface area contributed by atoms with Gasteiger partial charge in [0.2, 0.25) is 0 Å². The maximum absolute atomic E-state index is 12.8. The van der Waals surface area contributed by atoms with Crippen molar-refractivity contribution in [1.29, 1.82) is 0 Å². The van der Waals surface area contributed by atoms with E-state index >= 15 is 0 Å². The average Bonchev–Trinajstić information content (AvgIpc) is 3.15. The molecule has 118 valence electrons. The van der Waals surface area contributed by atoms with E-state index < -0.39 is 0 Å². The Hall–Kier alpha value is -1.66. The fraction of sp³-hybridized carbons (Fsp3) is 0.500. The topological polar surface area (TPSA) is 72.4 Å². The second kappa shape index (κ2) is 6.22. The van der Waals surface area contributed by atoms with Crippen LogP contribution in [-0.4, -0.2) is 34.9 Å². The first-order chi connectivity index (χ1) is 10.6. The third-order valence-electron chi connectivity index (χ3n) is 4.34. The number of nitrogens with zero attached hydrogens (tertiary/aromatic N) is 2. The van der Waals surface area contributed by atoms with Crippen molar-refractivity contribution in [3.8, 4) is 11.5 Å². The maximum atomic E-state index is 12.8. The summed E-state index contributed by atoms with van der Waals surface area (Å²) in [7, 11) is 0. The van der Waals surface area contributed by atoms with Crippen LogP contribution < -0.4 is 5.73 Å². The zero-order valence-corrected chi connectivity index (χ0v) is 13.7. The van der Waals surface area contributed by atoms with Gasteiger partial charge in [-0.3, -0.25) is 4.79 Å². The van der Waals surface area contributed by atoms with Gasteiger partial charge in [0.25, 0.3) is 5.91 Å². The van der Waals surface area contributed by atoms with Crippen LogP contribution in [0.25, 0.3) is 11.5 Å². The Balaban J connectivity index is 1.81. The minimum Gasteiger partial charge on any atom is -0.462 e. The average molecular weight is 319 g/mol. The van der Waals surface area contributed by atoms with Gasteiger partial charge in [-0.05, 0) is 31.7 Å². The number of furan rings is 1. The van der Waals surface area contributed by atoms with Crippen molar-refractivity contribution in [2.75, 3.05) is 13.1 Å². The Morgan fingerprint density at radius 2 is 2.41 bits per heavy atom. The number of aryl methyl sites for hydroxylation is 1. The molecule has 1 amide bonds. The molecule has 0 spiro atoms. The van der Waals surface area contributed by atoms with Crippen LogP contribution in [0.1, 0.15) is 35.1 Å². The molecule has 6 heteroatoms. The Morgan fingerprint density at radius 3 is 3.09 bits per heavy atom. The molecule has 0 aromatic carbocycles. The summed E-state index contributed by atoms with van der Waals surface area (Å²) in [5, 5.41) is 2.92. The molecule has 5 nitrogen and oxygen atoms in total. The van der Waals surface area contributed by atoms with Gasteiger partial charge in [-0.15, -0.1) is 11.3 Å². The number of amides is 1. The molecule has 1 saturated heterocycles. The lowest BCUT2D eigenvalue weighted by molar-refractivity contribution is 0.0532. The molecule has 0 radical (unpaired) electrons. The van der Waals surface area contributed by atoms with Crippen LogP contribution >= 0.6 is 11.3 Å². The highest BCUT2D eigenvalue weighted by Crippen LogP contribution is 2.27. The van der Waals surface area contributed by atoms with Crippen molar-refractivity contribution in [2.24, 2.45) is 11.7 Å². The number of rotatable bonds is 3. The summed E-state index contributed by atoms with van der Waals surface area (Å²) in [5.41, 5.74) is 7.23. The lowest BCUT2D eigenvalue weighted by Gasteiger charge is -2.39. The van der Waals surface area contributed by atoms with E-state index in [1.807, 2.05) is 17.2 Å². The number of piperidine rings is 1. The van der Waals surface area contributed by atoms with Crippen molar-refractivity contribution < 1.29 is 9.21 Å². The summed E-state index contributed by atoms with van der Waals surface area (Å²) in [6.45, 7) is 5.38. The molecular weight excluding hydrogens is 298 g/mol. The van der Waals surface area contributed by atoms with Crippen LogP contribution in [0.15, 0.2) is 22.1 Å². The predicted molar refractivity (Wildman–Crippen MR) is 86.8 cm³/mol. The van der Waals surface area contributed by atoms with E-state index in [0.717, 1.165) is 30.1 Å². The summed E-state index contributed by atoms with van der Waals surface area (Å²) >= 11 is 1.57. The first kappa shape index (κ1) is 15.2. The van der Waals surface area contributed by atoms with Gasteiger partial charge < -0.3 is 15.1 Å². The highest BCUT2D eigenvalue weighted by Gasteiger charge is 2.32. The van der Waals surface area contributed by atoms with Crippen LogP contribution in [0.4, 0.5) is 0 Å². The maximum Gasteiger partial charge on any atom is 0.257 e. The van der Waals surface area contributed by atoms with E-state index in [-0.39, 0.29) is 11.9 Å². The number of carbonyl (C=O) groups is 1. The van der Waals surface area contributed by atoms with E-state index in [1.54, 1.807) is 17.4 Å². The highest BCUT2D eigenvalue weighted by molar-refractivity contribution is 7.09. The molecule has 3 rings (SSSR count). The molecular formula is C16H21N3O2S. The van der Waals surface area contributed by atoms with E-state index in [0.29, 0.717) is 23.8 Å². The van der Waals surface area contributed by atoms with Gasteiger partial charge in [0.05, 0.1) is 10.6 Å². The van der Waals surface area contributed by atoms with Gasteiger partial charge in [-0.2, -0.15) is 0 Å². The number of likely N-dealkylation sites (tertiary alicyclic amines) is 1. The number of hydrogen-bond acceptors (Lipinski definition) is 5. The molecule has 0 saturated carbocycles. The molecule has 0 unspecified atom stereocenters. The predicted octanol–water partition coefficient (Wildman–Crippen LogP) is 2.91. The zero-order valence-electron chi connectivity index (χ0n) is 12.9. The zero-order chi connectivity index (χ0) is 15.7. The molecule has 2 aromatic rings. The van der Waals surface area contributed by atoms with Gasteiger partial charge in [0, 0.05) is 24.5 Å². The first-order valence-electron chi connectivity index (χ1n) is 7.62. The first-order valence-corrected chi connectivity index (χ1v) is 8.50. The smallest absolute Gasteiger partial charge is 0.257 e. The molecule has 1 aliphatic rings. The molecule has 22 heavy (non-hydrogen) atoms. The number of carbonyl (C=O) groups excluding carboxylic acids is 1. The Morgan fingerprint density at radius 1 is 1.59 bits per heavy atom. The van der Waals surface area contributed by atoms with Crippen molar-refractivity contribution >= 4 is 17.2 Å².